The molecule has 0 saturated carbocycles. The summed E-state index contributed by atoms with van der Waals surface area (Å²) in [5.74, 6) is -2.39. The molecule has 1 aliphatic heterocycles. The van der Waals surface area contributed by atoms with Crippen molar-refractivity contribution in [3.63, 3.8) is 0 Å². The topological polar surface area (TPSA) is 126 Å². The number of benzene rings is 1. The van der Waals surface area contributed by atoms with Gasteiger partial charge in [-0.2, -0.15) is 5.10 Å². The van der Waals surface area contributed by atoms with E-state index in [9.17, 15) is 19.2 Å². The minimum Gasteiger partial charge on any atom is -0.451 e. The first-order valence-electron chi connectivity index (χ1n) is 6.83. The van der Waals surface area contributed by atoms with E-state index in [4.69, 9.17) is 16.3 Å². The number of hydrazone groups is 1. The lowest BCUT2D eigenvalue weighted by Gasteiger charge is -2.11. The number of halogens is 1. The zero-order valence-electron chi connectivity index (χ0n) is 12.3. The number of hydrogen-bond donors (Lipinski definition) is 3. The molecule has 0 unspecified atom stereocenters. The Morgan fingerprint density at radius 2 is 1.88 bits per heavy atom. The Labute approximate surface area is 141 Å². The molecule has 1 aliphatic rings. The number of nitrogens with zero attached hydrogens (tertiary/aromatic N) is 1. The Bertz CT molecular complexity index is 702. The average Bonchev–Trinajstić information content (AvgIpc) is 2.58. The molecule has 24 heavy (non-hydrogen) atoms. The monoisotopic (exact) mass is 352 g/mol. The molecular weight excluding hydrogens is 340 g/mol. The van der Waals surface area contributed by atoms with E-state index in [0.717, 1.165) is 0 Å². The molecule has 1 aromatic carbocycles. The van der Waals surface area contributed by atoms with Gasteiger partial charge in [-0.15, -0.1) is 0 Å². The van der Waals surface area contributed by atoms with Crippen LogP contribution in [0.15, 0.2) is 29.4 Å². The number of rotatable bonds is 4. The lowest BCUT2D eigenvalue weighted by molar-refractivity contribution is -0.142. The maximum Gasteiger partial charge on any atom is 0.355 e. The third-order valence-electron chi connectivity index (χ3n) is 2.90. The van der Waals surface area contributed by atoms with Gasteiger partial charge in [-0.25, -0.2) is 10.2 Å². The van der Waals surface area contributed by atoms with Crippen LogP contribution in [0, 0.1) is 0 Å². The highest BCUT2D eigenvalue weighted by Crippen LogP contribution is 2.09. The molecule has 1 aromatic rings. The predicted octanol–water partition coefficient (Wildman–Crippen LogP) is -0.0898. The Hall–Kier alpha value is -2.94. The molecule has 126 valence electrons. The van der Waals surface area contributed by atoms with Crippen molar-refractivity contribution in [1.82, 2.24) is 16.3 Å². The third kappa shape index (κ3) is 5.06. The summed E-state index contributed by atoms with van der Waals surface area (Å²) in [6.07, 6.45) is 0.261. The van der Waals surface area contributed by atoms with Crippen molar-refractivity contribution in [2.75, 3.05) is 6.61 Å². The minimum atomic E-state index is -0.811. The summed E-state index contributed by atoms with van der Waals surface area (Å²) in [6, 6.07) is 6.03. The maximum atomic E-state index is 11.7. The molecule has 0 bridgehead atoms. The third-order valence-corrected chi connectivity index (χ3v) is 3.15. The second-order valence-electron chi connectivity index (χ2n) is 4.68. The lowest BCUT2D eigenvalue weighted by Crippen LogP contribution is -2.44. The van der Waals surface area contributed by atoms with Gasteiger partial charge in [-0.05, 0) is 24.3 Å². The lowest BCUT2D eigenvalue weighted by atomic mass is 10.2. The van der Waals surface area contributed by atoms with E-state index in [1.165, 1.54) is 24.3 Å². The molecule has 0 aromatic heterocycles. The van der Waals surface area contributed by atoms with Gasteiger partial charge in [0.1, 0.15) is 5.71 Å². The number of carbonyl (C=O) groups is 4. The summed E-state index contributed by atoms with van der Waals surface area (Å²) >= 11 is 5.70. The van der Waals surface area contributed by atoms with Crippen molar-refractivity contribution in [3.8, 4) is 0 Å². The van der Waals surface area contributed by atoms with Crippen LogP contribution < -0.4 is 16.3 Å². The number of nitrogens with one attached hydrogen (secondary N) is 3. The minimum absolute atomic E-state index is 0.0209. The summed E-state index contributed by atoms with van der Waals surface area (Å²) in [5, 5.41) is 4.02. The second kappa shape index (κ2) is 8.06. The molecule has 0 atom stereocenters. The molecule has 10 heteroatoms. The van der Waals surface area contributed by atoms with Gasteiger partial charge in [0.2, 0.25) is 5.91 Å². The van der Waals surface area contributed by atoms with Gasteiger partial charge in [0.25, 0.3) is 11.8 Å². The smallest absolute Gasteiger partial charge is 0.355 e. The van der Waals surface area contributed by atoms with Crippen LogP contribution in [0.4, 0.5) is 0 Å². The van der Waals surface area contributed by atoms with Crippen LogP contribution in [0.3, 0.4) is 0 Å². The van der Waals surface area contributed by atoms with Crippen LogP contribution in [-0.2, 0) is 19.1 Å². The molecule has 0 aliphatic carbocycles. The molecular formula is C14H13ClN4O5. The molecule has 3 amide bonds. The number of amides is 3. The summed E-state index contributed by atoms with van der Waals surface area (Å²) < 4.78 is 4.73. The molecule has 0 saturated heterocycles. The summed E-state index contributed by atoms with van der Waals surface area (Å²) in [5.41, 5.74) is 6.73. The van der Waals surface area contributed by atoms with E-state index in [2.05, 4.69) is 21.4 Å². The van der Waals surface area contributed by atoms with E-state index in [1.54, 1.807) is 0 Å². The molecule has 0 spiro atoms. The van der Waals surface area contributed by atoms with Crippen molar-refractivity contribution in [1.29, 1.82) is 0 Å². The van der Waals surface area contributed by atoms with Gasteiger partial charge in [0.05, 0.1) is 0 Å². The fraction of sp³-hybridized carbons (Fsp3) is 0.214. The first-order valence-corrected chi connectivity index (χ1v) is 7.21. The zero-order valence-corrected chi connectivity index (χ0v) is 13.1. The first kappa shape index (κ1) is 17.4. The number of hydrogen-bond acceptors (Lipinski definition) is 6. The Morgan fingerprint density at radius 3 is 2.50 bits per heavy atom. The average molecular weight is 353 g/mol. The molecule has 0 fully saturated rings. The van der Waals surface area contributed by atoms with Gasteiger partial charge in [-0.3, -0.25) is 25.2 Å². The fourth-order valence-corrected chi connectivity index (χ4v) is 1.80. The molecule has 1 heterocycles. The summed E-state index contributed by atoms with van der Waals surface area (Å²) in [7, 11) is 0. The van der Waals surface area contributed by atoms with Gasteiger partial charge in [-0.1, -0.05) is 11.6 Å². The van der Waals surface area contributed by atoms with Crippen molar-refractivity contribution in [2.24, 2.45) is 5.10 Å². The SMILES string of the molecule is O=C1CCC(C(=O)OCC(=O)NNC(=O)c2ccc(Cl)cc2)=NN1. The highest BCUT2D eigenvalue weighted by atomic mass is 35.5. The highest BCUT2D eigenvalue weighted by molar-refractivity contribution is 6.37. The zero-order chi connectivity index (χ0) is 17.5. The Kier molecular flexibility index (Phi) is 5.85. The van der Waals surface area contributed by atoms with E-state index in [-0.39, 0.29) is 24.5 Å². The van der Waals surface area contributed by atoms with Gasteiger partial charge < -0.3 is 4.74 Å². The summed E-state index contributed by atoms with van der Waals surface area (Å²) in [6.45, 7) is -0.604. The fourth-order valence-electron chi connectivity index (χ4n) is 1.67. The second-order valence-corrected chi connectivity index (χ2v) is 5.12. The van der Waals surface area contributed by atoms with Gasteiger partial charge in [0, 0.05) is 23.4 Å². The molecule has 9 nitrogen and oxygen atoms in total. The number of carbonyl (C=O) groups excluding carboxylic acids is 4. The van der Waals surface area contributed by atoms with Crippen molar-refractivity contribution in [2.45, 2.75) is 12.8 Å². The van der Waals surface area contributed by atoms with Crippen molar-refractivity contribution < 1.29 is 23.9 Å². The van der Waals surface area contributed by atoms with Crippen LogP contribution in [0.25, 0.3) is 0 Å². The Balaban J connectivity index is 1.73. The quantitative estimate of drug-likeness (QED) is 0.515. The molecule has 0 radical (unpaired) electrons. The van der Waals surface area contributed by atoms with Crippen LogP contribution in [0.1, 0.15) is 23.2 Å². The van der Waals surface area contributed by atoms with Crippen LogP contribution >= 0.6 is 11.6 Å². The van der Waals surface area contributed by atoms with Crippen LogP contribution in [0.2, 0.25) is 5.02 Å². The standard InChI is InChI=1S/C14H13ClN4O5/c15-9-3-1-8(2-4-9)13(22)19-18-12(21)7-24-14(23)10-5-6-11(20)17-16-10/h1-4H,5-7H2,(H,17,20)(H,18,21)(H,19,22). The van der Waals surface area contributed by atoms with E-state index < -0.39 is 24.4 Å². The largest absolute Gasteiger partial charge is 0.451 e. The molecule has 3 N–H and O–H groups in total. The van der Waals surface area contributed by atoms with Crippen molar-refractivity contribution in [3.05, 3.63) is 34.9 Å². The summed E-state index contributed by atoms with van der Waals surface area (Å²) in [4.78, 5) is 45.8. The predicted molar refractivity (Wildman–Crippen MR) is 82.8 cm³/mol. The van der Waals surface area contributed by atoms with Crippen LogP contribution in [0.5, 0.6) is 0 Å². The highest BCUT2D eigenvalue weighted by Gasteiger charge is 2.20. The van der Waals surface area contributed by atoms with Crippen molar-refractivity contribution >= 4 is 41.0 Å². The number of hydrazine groups is 1. The molecule has 2 rings (SSSR count). The normalized spacial score (nSPS) is 13.4. The first-order chi connectivity index (χ1) is 11.5. The van der Waals surface area contributed by atoms with Gasteiger partial charge in [0.15, 0.2) is 6.61 Å². The number of ether oxygens (including phenoxy) is 1. The van der Waals surface area contributed by atoms with E-state index >= 15 is 0 Å². The van der Waals surface area contributed by atoms with Crippen LogP contribution in [-0.4, -0.2) is 36.0 Å². The Morgan fingerprint density at radius 1 is 1.17 bits per heavy atom. The maximum absolute atomic E-state index is 11.7. The van der Waals surface area contributed by atoms with Gasteiger partial charge >= 0.3 is 5.97 Å². The van der Waals surface area contributed by atoms with E-state index in [0.29, 0.717) is 10.6 Å². The van der Waals surface area contributed by atoms with E-state index in [1.807, 2.05) is 0 Å². The number of esters is 1.